The number of hydrogen-bond acceptors (Lipinski definition) is 4. The number of hydrazine groups is 1. The van der Waals surface area contributed by atoms with Gasteiger partial charge >= 0.3 is 0 Å². The van der Waals surface area contributed by atoms with E-state index in [1.807, 2.05) is 18.2 Å². The summed E-state index contributed by atoms with van der Waals surface area (Å²) in [6, 6.07) is 5.76. The van der Waals surface area contributed by atoms with E-state index in [1.54, 1.807) is 20.8 Å². The molecule has 1 rings (SSSR count). The average Bonchev–Trinajstić information content (AvgIpc) is 2.49. The number of benzene rings is 1. The van der Waals surface area contributed by atoms with E-state index >= 15 is 0 Å². The highest BCUT2D eigenvalue weighted by Crippen LogP contribution is 2.31. The van der Waals surface area contributed by atoms with Gasteiger partial charge < -0.3 is 10.1 Å². The molecule has 0 spiro atoms. The van der Waals surface area contributed by atoms with Crippen LogP contribution >= 0.6 is 28.1 Å². The highest BCUT2D eigenvalue weighted by molar-refractivity contribution is 9.10. The summed E-state index contributed by atoms with van der Waals surface area (Å²) in [5.41, 5.74) is 5.45. The minimum atomic E-state index is -0.579. The molecule has 0 aliphatic rings. The first-order chi connectivity index (χ1) is 11.8. The molecule has 0 atom stereocenters. The Hall–Kier alpha value is -1.67. The summed E-state index contributed by atoms with van der Waals surface area (Å²) < 4.78 is 6.28. The van der Waals surface area contributed by atoms with Crippen LogP contribution in [0.25, 0.3) is 0 Å². The highest BCUT2D eigenvalue weighted by atomic mass is 79.9. The molecular weight excluding hydrogens is 418 g/mol. The lowest BCUT2D eigenvalue weighted by atomic mass is 9.87. The van der Waals surface area contributed by atoms with Gasteiger partial charge in [0.05, 0.1) is 4.47 Å². The van der Waals surface area contributed by atoms with Crippen molar-refractivity contribution in [3.8, 4) is 5.75 Å². The lowest BCUT2D eigenvalue weighted by molar-refractivity contribution is -0.127. The first-order valence-electron chi connectivity index (χ1n) is 8.14. The van der Waals surface area contributed by atoms with Crippen molar-refractivity contribution in [3.63, 3.8) is 0 Å². The predicted octanol–water partition coefficient (Wildman–Crippen LogP) is 3.19. The van der Waals surface area contributed by atoms with Gasteiger partial charge in [0, 0.05) is 5.41 Å². The number of thiocarbonyl (C=S) groups is 1. The van der Waals surface area contributed by atoms with E-state index in [1.165, 1.54) is 0 Å². The Morgan fingerprint density at radius 2 is 1.73 bits per heavy atom. The van der Waals surface area contributed by atoms with E-state index in [9.17, 15) is 9.59 Å². The summed E-state index contributed by atoms with van der Waals surface area (Å²) in [6.45, 7) is 11.5. The van der Waals surface area contributed by atoms with Crippen molar-refractivity contribution in [1.29, 1.82) is 0 Å². The largest absolute Gasteiger partial charge is 0.483 e. The Morgan fingerprint density at radius 1 is 1.12 bits per heavy atom. The van der Waals surface area contributed by atoms with E-state index in [4.69, 9.17) is 17.0 Å². The first-order valence-corrected chi connectivity index (χ1v) is 9.34. The van der Waals surface area contributed by atoms with Crippen LogP contribution in [0.2, 0.25) is 0 Å². The van der Waals surface area contributed by atoms with Crippen LogP contribution in [0.4, 0.5) is 0 Å². The second kappa shape index (κ2) is 8.81. The molecule has 6 nitrogen and oxygen atoms in total. The van der Waals surface area contributed by atoms with Gasteiger partial charge in [-0.3, -0.25) is 20.4 Å². The quantitative estimate of drug-likeness (QED) is 0.493. The molecule has 1 aromatic carbocycles. The fourth-order valence-corrected chi connectivity index (χ4v) is 2.35. The minimum Gasteiger partial charge on any atom is -0.483 e. The number of hydrogen-bond donors (Lipinski definition) is 3. The molecule has 2 amide bonds. The fourth-order valence-electron chi connectivity index (χ4n) is 1.71. The Kier molecular flexibility index (Phi) is 7.58. The number of amides is 2. The summed E-state index contributed by atoms with van der Waals surface area (Å²) in [5.74, 6) is -0.107. The van der Waals surface area contributed by atoms with Crippen LogP contribution in [0.3, 0.4) is 0 Å². The van der Waals surface area contributed by atoms with Crippen molar-refractivity contribution < 1.29 is 14.3 Å². The van der Waals surface area contributed by atoms with Gasteiger partial charge in [0.2, 0.25) is 5.91 Å². The standard InChI is InChI=1S/C18H26BrN3O3S/c1-17(2,3)11-7-8-13(12(19)9-11)25-10-14(23)21-22-16(26)20-15(24)18(4,5)6/h7-9H,10H2,1-6H3,(H,21,23)(H2,20,22,24,26). The van der Waals surface area contributed by atoms with Gasteiger partial charge in [-0.15, -0.1) is 0 Å². The van der Waals surface area contributed by atoms with Crippen molar-refractivity contribution in [3.05, 3.63) is 28.2 Å². The molecule has 0 fully saturated rings. The second-order valence-corrected chi connectivity index (χ2v) is 9.15. The molecular formula is C18H26BrN3O3S. The summed E-state index contributed by atoms with van der Waals surface area (Å²) in [7, 11) is 0. The molecule has 0 heterocycles. The van der Waals surface area contributed by atoms with Crippen LogP contribution in [0.1, 0.15) is 47.1 Å². The SMILES string of the molecule is CC(C)(C)C(=O)NC(=S)NNC(=O)COc1ccc(C(C)(C)C)cc1Br. The molecule has 0 saturated carbocycles. The number of carbonyl (C=O) groups is 2. The molecule has 1 aromatic rings. The summed E-state index contributed by atoms with van der Waals surface area (Å²) in [4.78, 5) is 23.6. The van der Waals surface area contributed by atoms with E-state index in [-0.39, 0.29) is 23.0 Å². The lowest BCUT2D eigenvalue weighted by Gasteiger charge is -2.20. The van der Waals surface area contributed by atoms with Crippen molar-refractivity contribution in [2.45, 2.75) is 47.0 Å². The molecule has 144 valence electrons. The zero-order chi connectivity index (χ0) is 20.1. The Balaban J connectivity index is 2.48. The molecule has 3 N–H and O–H groups in total. The van der Waals surface area contributed by atoms with Gasteiger partial charge in [0.15, 0.2) is 11.7 Å². The zero-order valence-electron chi connectivity index (χ0n) is 16.0. The second-order valence-electron chi connectivity index (χ2n) is 7.89. The van der Waals surface area contributed by atoms with E-state index < -0.39 is 11.3 Å². The lowest BCUT2D eigenvalue weighted by Crippen LogP contribution is -2.51. The maximum Gasteiger partial charge on any atom is 0.276 e. The summed E-state index contributed by atoms with van der Waals surface area (Å²) in [6.07, 6.45) is 0. The third-order valence-electron chi connectivity index (χ3n) is 3.38. The predicted molar refractivity (Wildman–Crippen MR) is 110 cm³/mol. The van der Waals surface area contributed by atoms with Gasteiger partial charge in [0.25, 0.3) is 5.91 Å². The monoisotopic (exact) mass is 443 g/mol. The van der Waals surface area contributed by atoms with Gasteiger partial charge in [-0.2, -0.15) is 0 Å². The summed E-state index contributed by atoms with van der Waals surface area (Å²) in [5, 5.41) is 2.52. The van der Waals surface area contributed by atoms with Gasteiger partial charge in [-0.1, -0.05) is 47.6 Å². The maximum absolute atomic E-state index is 11.9. The first kappa shape index (κ1) is 22.4. The minimum absolute atomic E-state index is 0.0222. The van der Waals surface area contributed by atoms with Crippen LogP contribution in [0, 0.1) is 5.41 Å². The number of rotatable bonds is 3. The third kappa shape index (κ3) is 7.29. The van der Waals surface area contributed by atoms with Gasteiger partial charge in [0.1, 0.15) is 5.75 Å². The Morgan fingerprint density at radius 3 is 2.23 bits per heavy atom. The van der Waals surface area contributed by atoms with Gasteiger partial charge in [-0.25, -0.2) is 0 Å². The third-order valence-corrected chi connectivity index (χ3v) is 4.20. The van der Waals surface area contributed by atoms with Crippen molar-refractivity contribution >= 4 is 45.1 Å². The average molecular weight is 444 g/mol. The smallest absolute Gasteiger partial charge is 0.276 e. The van der Waals surface area contributed by atoms with E-state index in [2.05, 4.69) is 52.9 Å². The van der Waals surface area contributed by atoms with Crippen molar-refractivity contribution in [1.82, 2.24) is 16.2 Å². The van der Waals surface area contributed by atoms with Crippen LogP contribution in [-0.4, -0.2) is 23.5 Å². The van der Waals surface area contributed by atoms with E-state index in [0.29, 0.717) is 5.75 Å². The molecule has 0 radical (unpaired) electrons. The Bertz CT molecular complexity index is 694. The van der Waals surface area contributed by atoms with Crippen molar-refractivity contribution in [2.24, 2.45) is 5.41 Å². The molecule has 0 bridgehead atoms. The van der Waals surface area contributed by atoms with Crippen LogP contribution in [0.5, 0.6) is 5.75 Å². The van der Waals surface area contributed by atoms with Crippen LogP contribution in [-0.2, 0) is 15.0 Å². The maximum atomic E-state index is 11.9. The molecule has 0 aromatic heterocycles. The highest BCUT2D eigenvalue weighted by Gasteiger charge is 2.22. The molecule has 0 aliphatic carbocycles. The number of carbonyl (C=O) groups excluding carboxylic acids is 2. The van der Waals surface area contributed by atoms with E-state index in [0.717, 1.165) is 10.0 Å². The molecule has 0 aliphatic heterocycles. The molecule has 0 saturated heterocycles. The number of ether oxygens (including phenoxy) is 1. The van der Waals surface area contributed by atoms with Crippen LogP contribution in [0.15, 0.2) is 22.7 Å². The van der Waals surface area contributed by atoms with Crippen molar-refractivity contribution in [2.75, 3.05) is 6.61 Å². The molecule has 8 heteroatoms. The zero-order valence-corrected chi connectivity index (χ0v) is 18.4. The van der Waals surface area contributed by atoms with Crippen LogP contribution < -0.4 is 20.9 Å². The molecule has 26 heavy (non-hydrogen) atoms. The summed E-state index contributed by atoms with van der Waals surface area (Å²) >= 11 is 8.42. The van der Waals surface area contributed by atoms with Gasteiger partial charge in [-0.05, 0) is 51.3 Å². The number of nitrogens with one attached hydrogen (secondary N) is 3. The fraction of sp³-hybridized carbons (Fsp3) is 0.500. The Labute approximate surface area is 168 Å². The normalized spacial score (nSPS) is 11.5. The topological polar surface area (TPSA) is 79.5 Å². The number of halogens is 1. The molecule has 0 unspecified atom stereocenters.